The lowest BCUT2D eigenvalue weighted by Gasteiger charge is -2.09. The number of unbranched alkanes of at least 4 members (excludes halogenated alkanes) is 10. The van der Waals surface area contributed by atoms with Crippen molar-refractivity contribution in [2.45, 2.75) is 111 Å². The first-order valence-corrected chi connectivity index (χ1v) is 13.9. The van der Waals surface area contributed by atoms with Crippen LogP contribution in [0, 0.1) is 5.92 Å². The van der Waals surface area contributed by atoms with Crippen molar-refractivity contribution in [2.24, 2.45) is 5.92 Å². The molecule has 4 heteroatoms. The molecule has 1 atom stereocenters. The van der Waals surface area contributed by atoms with E-state index in [0.29, 0.717) is 5.82 Å². The van der Waals surface area contributed by atoms with Gasteiger partial charge in [0, 0.05) is 5.56 Å². The average Bonchev–Trinajstić information content (AvgIpc) is 2.87. The van der Waals surface area contributed by atoms with E-state index in [2.05, 4.69) is 30.7 Å². The number of aromatic nitrogens is 2. The lowest BCUT2D eigenvalue weighted by atomic mass is 10.0. The normalized spacial score (nSPS) is 12.0. The van der Waals surface area contributed by atoms with Gasteiger partial charge >= 0.3 is 0 Å². The standard InChI is InChI=1S/C30H48N2O2/c1-4-6-7-8-9-10-12-15-22-33-28-20-18-27(19-21-28)30-31-24-29(25-32-30)34-23-16-13-11-14-17-26(3)5-2/h18-21,24-26H,4-17,22-23H2,1-3H3. The van der Waals surface area contributed by atoms with Crippen LogP contribution >= 0.6 is 0 Å². The maximum atomic E-state index is 5.90. The topological polar surface area (TPSA) is 44.2 Å². The zero-order valence-electron chi connectivity index (χ0n) is 22.1. The molecular formula is C30H48N2O2. The fourth-order valence-electron chi connectivity index (χ4n) is 4.01. The molecule has 0 bridgehead atoms. The highest BCUT2D eigenvalue weighted by molar-refractivity contribution is 5.56. The molecule has 0 radical (unpaired) electrons. The average molecular weight is 469 g/mol. The van der Waals surface area contributed by atoms with E-state index in [1.165, 1.54) is 77.0 Å². The van der Waals surface area contributed by atoms with Crippen molar-refractivity contribution in [1.82, 2.24) is 9.97 Å². The molecule has 0 aliphatic rings. The number of hydrogen-bond acceptors (Lipinski definition) is 4. The SMILES string of the molecule is CCCCCCCCCCOc1ccc(-c2ncc(OCCCCCCC(C)CC)cn2)cc1. The molecule has 190 valence electrons. The highest BCUT2D eigenvalue weighted by Crippen LogP contribution is 2.21. The van der Waals surface area contributed by atoms with E-state index in [0.717, 1.165) is 49.0 Å². The Labute approximate surface area is 208 Å². The fraction of sp³-hybridized carbons (Fsp3) is 0.667. The van der Waals surface area contributed by atoms with Crippen molar-refractivity contribution in [3.05, 3.63) is 36.7 Å². The van der Waals surface area contributed by atoms with E-state index >= 15 is 0 Å². The van der Waals surface area contributed by atoms with Gasteiger partial charge in [0.1, 0.15) is 5.75 Å². The summed E-state index contributed by atoms with van der Waals surface area (Å²) in [5.74, 6) is 3.23. The minimum atomic E-state index is 0.715. The third kappa shape index (κ3) is 12.4. The van der Waals surface area contributed by atoms with Gasteiger partial charge in [0.25, 0.3) is 0 Å². The molecule has 0 fully saturated rings. The van der Waals surface area contributed by atoms with Crippen LogP contribution < -0.4 is 9.47 Å². The molecule has 0 N–H and O–H groups in total. The molecule has 4 nitrogen and oxygen atoms in total. The largest absolute Gasteiger partial charge is 0.494 e. The molecule has 2 aromatic rings. The number of rotatable bonds is 20. The van der Waals surface area contributed by atoms with Crippen LogP contribution in [0.5, 0.6) is 11.5 Å². The van der Waals surface area contributed by atoms with E-state index in [-0.39, 0.29) is 0 Å². The molecule has 0 amide bonds. The van der Waals surface area contributed by atoms with Crippen LogP contribution in [0.25, 0.3) is 11.4 Å². The predicted octanol–water partition coefficient (Wildman–Crippen LogP) is 9.04. The van der Waals surface area contributed by atoms with Gasteiger partial charge in [0.15, 0.2) is 11.6 Å². The first-order chi connectivity index (χ1) is 16.7. The van der Waals surface area contributed by atoms with Gasteiger partial charge in [-0.1, -0.05) is 97.8 Å². The molecule has 1 aromatic heterocycles. The molecule has 0 aliphatic heterocycles. The van der Waals surface area contributed by atoms with E-state index < -0.39 is 0 Å². The van der Waals surface area contributed by atoms with E-state index in [1.54, 1.807) is 12.4 Å². The second kappa shape index (κ2) is 18.3. The lowest BCUT2D eigenvalue weighted by molar-refractivity contribution is 0.301. The summed E-state index contributed by atoms with van der Waals surface area (Å²) in [6.07, 6.45) is 21.6. The van der Waals surface area contributed by atoms with Crippen LogP contribution in [-0.4, -0.2) is 23.2 Å². The van der Waals surface area contributed by atoms with Gasteiger partial charge in [-0.2, -0.15) is 0 Å². The number of ether oxygens (including phenoxy) is 2. The van der Waals surface area contributed by atoms with Crippen LogP contribution in [0.15, 0.2) is 36.7 Å². The summed E-state index contributed by atoms with van der Waals surface area (Å²) in [5, 5.41) is 0. The monoisotopic (exact) mass is 468 g/mol. The van der Waals surface area contributed by atoms with Gasteiger partial charge in [-0.25, -0.2) is 9.97 Å². The Morgan fingerprint density at radius 3 is 1.76 bits per heavy atom. The molecule has 2 rings (SSSR count). The summed E-state index contributed by atoms with van der Waals surface area (Å²) < 4.78 is 11.7. The molecule has 34 heavy (non-hydrogen) atoms. The van der Waals surface area contributed by atoms with Crippen LogP contribution in [0.2, 0.25) is 0 Å². The Balaban J connectivity index is 1.58. The van der Waals surface area contributed by atoms with E-state index in [4.69, 9.17) is 9.47 Å². The zero-order chi connectivity index (χ0) is 24.3. The molecule has 1 aromatic carbocycles. The summed E-state index contributed by atoms with van der Waals surface area (Å²) in [6.45, 7) is 8.40. The third-order valence-corrected chi connectivity index (χ3v) is 6.56. The van der Waals surface area contributed by atoms with Crippen LogP contribution in [0.1, 0.15) is 111 Å². The number of hydrogen-bond donors (Lipinski definition) is 0. The molecule has 0 saturated heterocycles. The van der Waals surface area contributed by atoms with Gasteiger partial charge in [0.05, 0.1) is 25.6 Å². The highest BCUT2D eigenvalue weighted by Gasteiger charge is 2.04. The second-order valence-electron chi connectivity index (χ2n) is 9.65. The van der Waals surface area contributed by atoms with Crippen molar-refractivity contribution in [3.8, 4) is 22.9 Å². The zero-order valence-corrected chi connectivity index (χ0v) is 22.1. The Morgan fingerprint density at radius 1 is 0.647 bits per heavy atom. The molecule has 0 saturated carbocycles. The summed E-state index contributed by atoms with van der Waals surface area (Å²) >= 11 is 0. The lowest BCUT2D eigenvalue weighted by Crippen LogP contribution is -2.00. The maximum absolute atomic E-state index is 5.90. The Kier molecular flexibility index (Phi) is 15.1. The highest BCUT2D eigenvalue weighted by atomic mass is 16.5. The minimum Gasteiger partial charge on any atom is -0.494 e. The third-order valence-electron chi connectivity index (χ3n) is 6.56. The quantitative estimate of drug-likeness (QED) is 0.182. The van der Waals surface area contributed by atoms with Gasteiger partial charge < -0.3 is 9.47 Å². The van der Waals surface area contributed by atoms with Crippen molar-refractivity contribution >= 4 is 0 Å². The summed E-state index contributed by atoms with van der Waals surface area (Å²) in [5.41, 5.74) is 0.993. The first-order valence-electron chi connectivity index (χ1n) is 13.9. The molecular weight excluding hydrogens is 420 g/mol. The molecule has 0 spiro atoms. The Bertz CT molecular complexity index is 730. The van der Waals surface area contributed by atoms with E-state index in [1.807, 2.05) is 24.3 Å². The molecule has 1 unspecified atom stereocenters. The van der Waals surface area contributed by atoms with Crippen LogP contribution in [0.4, 0.5) is 0 Å². The summed E-state index contributed by atoms with van der Waals surface area (Å²) in [7, 11) is 0. The number of benzene rings is 1. The van der Waals surface area contributed by atoms with Gasteiger partial charge in [-0.05, 0) is 43.0 Å². The van der Waals surface area contributed by atoms with Crippen molar-refractivity contribution in [2.75, 3.05) is 13.2 Å². The fourth-order valence-corrected chi connectivity index (χ4v) is 4.01. The van der Waals surface area contributed by atoms with E-state index in [9.17, 15) is 0 Å². The van der Waals surface area contributed by atoms with Gasteiger partial charge in [0.2, 0.25) is 0 Å². The Hall–Kier alpha value is -2.10. The minimum absolute atomic E-state index is 0.715. The van der Waals surface area contributed by atoms with Gasteiger partial charge in [-0.15, -0.1) is 0 Å². The van der Waals surface area contributed by atoms with Crippen LogP contribution in [-0.2, 0) is 0 Å². The van der Waals surface area contributed by atoms with Crippen molar-refractivity contribution in [3.63, 3.8) is 0 Å². The smallest absolute Gasteiger partial charge is 0.159 e. The summed E-state index contributed by atoms with van der Waals surface area (Å²) in [4.78, 5) is 8.96. The van der Waals surface area contributed by atoms with Crippen molar-refractivity contribution in [1.29, 1.82) is 0 Å². The first kappa shape index (κ1) is 28.1. The van der Waals surface area contributed by atoms with Crippen molar-refractivity contribution < 1.29 is 9.47 Å². The maximum Gasteiger partial charge on any atom is 0.159 e. The molecule has 1 heterocycles. The predicted molar refractivity (Wildman–Crippen MR) is 144 cm³/mol. The summed E-state index contributed by atoms with van der Waals surface area (Å²) in [6, 6.07) is 8.07. The van der Waals surface area contributed by atoms with Crippen LogP contribution in [0.3, 0.4) is 0 Å². The number of nitrogens with zero attached hydrogens (tertiary/aromatic N) is 2. The Morgan fingerprint density at radius 2 is 1.18 bits per heavy atom. The van der Waals surface area contributed by atoms with Gasteiger partial charge in [-0.3, -0.25) is 0 Å². The second-order valence-corrected chi connectivity index (χ2v) is 9.65. The molecule has 0 aliphatic carbocycles.